The third-order valence-corrected chi connectivity index (χ3v) is 5.95. The van der Waals surface area contributed by atoms with E-state index in [0.29, 0.717) is 27.8 Å². The quantitative estimate of drug-likeness (QED) is 0.701. The van der Waals surface area contributed by atoms with Crippen LogP contribution in [0.4, 0.5) is 5.69 Å². The largest absolute Gasteiger partial charge is 0.339 e. The third kappa shape index (κ3) is 6.01. The maximum atomic E-state index is 12.9. The van der Waals surface area contributed by atoms with Crippen LogP contribution in [0, 0.1) is 0 Å². The molecule has 1 aliphatic heterocycles. The van der Waals surface area contributed by atoms with Crippen LogP contribution in [0.2, 0.25) is 5.02 Å². The number of likely N-dealkylation sites (tertiary alicyclic amines) is 1. The first kappa shape index (κ1) is 20.7. The number of nitrogens with zero attached hydrogens (tertiary/aromatic N) is 1. The number of carbonyl (C=O) groups is 2. The van der Waals surface area contributed by atoms with E-state index < -0.39 is 0 Å². The van der Waals surface area contributed by atoms with Gasteiger partial charge in [0.2, 0.25) is 5.91 Å². The Balaban J connectivity index is 1.57. The highest BCUT2D eigenvalue weighted by Crippen LogP contribution is 2.21. The van der Waals surface area contributed by atoms with Crippen LogP contribution in [0.25, 0.3) is 0 Å². The molecule has 6 heteroatoms. The molecular weight excluding hydrogens is 392 g/mol. The highest BCUT2D eigenvalue weighted by atomic mass is 35.5. The molecule has 0 unspecified atom stereocenters. The fourth-order valence-corrected chi connectivity index (χ4v) is 4.29. The summed E-state index contributed by atoms with van der Waals surface area (Å²) in [6.07, 6.45) is 4.43. The van der Waals surface area contributed by atoms with Crippen LogP contribution in [0.1, 0.15) is 41.6 Å². The molecule has 1 fully saturated rings. The van der Waals surface area contributed by atoms with Crippen LogP contribution in [0.3, 0.4) is 0 Å². The number of thioether (sulfide) groups is 1. The molecule has 2 amide bonds. The average molecular weight is 417 g/mol. The molecule has 0 aromatic heterocycles. The fraction of sp³-hybridized carbons (Fsp3) is 0.364. The summed E-state index contributed by atoms with van der Waals surface area (Å²) < 4.78 is 0. The number of anilines is 1. The number of nitrogens with one attached hydrogen (secondary N) is 1. The lowest BCUT2D eigenvalue weighted by molar-refractivity contribution is -0.113. The minimum atomic E-state index is -0.108. The van der Waals surface area contributed by atoms with E-state index in [0.717, 1.165) is 31.5 Å². The zero-order valence-electron chi connectivity index (χ0n) is 15.8. The van der Waals surface area contributed by atoms with E-state index in [1.807, 2.05) is 41.3 Å². The SMILES string of the molecule is O=C(CSCc1cccc(Cl)c1)Nc1ccccc1C(=O)N1CCCCCC1. The zero-order valence-corrected chi connectivity index (χ0v) is 17.4. The van der Waals surface area contributed by atoms with E-state index in [-0.39, 0.29) is 11.8 Å². The standard InChI is InChI=1S/C22H25ClN2O2S/c23-18-9-7-8-17(14-18)15-28-16-21(26)24-20-11-4-3-10-19(20)22(27)25-12-5-1-2-6-13-25/h3-4,7-11,14H,1-2,5-6,12-13,15-16H2,(H,24,26). The second-order valence-corrected chi connectivity index (χ2v) is 8.34. The Labute approximate surface area is 175 Å². The Morgan fingerprint density at radius 1 is 1.00 bits per heavy atom. The lowest BCUT2D eigenvalue weighted by Crippen LogP contribution is -2.32. The second kappa shape index (κ2) is 10.5. The molecule has 1 N–H and O–H groups in total. The molecule has 0 bridgehead atoms. The number of hydrogen-bond acceptors (Lipinski definition) is 3. The van der Waals surface area contributed by atoms with Crippen molar-refractivity contribution >= 4 is 40.9 Å². The van der Waals surface area contributed by atoms with E-state index in [1.165, 1.54) is 24.6 Å². The minimum Gasteiger partial charge on any atom is -0.339 e. The highest BCUT2D eigenvalue weighted by molar-refractivity contribution is 7.99. The monoisotopic (exact) mass is 416 g/mol. The summed E-state index contributed by atoms with van der Waals surface area (Å²) in [5.74, 6) is 0.925. The van der Waals surface area contributed by atoms with Crippen molar-refractivity contribution in [1.29, 1.82) is 0 Å². The Kier molecular flexibility index (Phi) is 7.80. The Morgan fingerprint density at radius 2 is 1.75 bits per heavy atom. The van der Waals surface area contributed by atoms with Gasteiger partial charge in [0.05, 0.1) is 17.0 Å². The van der Waals surface area contributed by atoms with Crippen LogP contribution in [0.15, 0.2) is 48.5 Å². The van der Waals surface area contributed by atoms with Crippen LogP contribution in [0.5, 0.6) is 0 Å². The number of para-hydroxylation sites is 1. The van der Waals surface area contributed by atoms with Crippen LogP contribution in [-0.4, -0.2) is 35.6 Å². The van der Waals surface area contributed by atoms with Crippen molar-refractivity contribution in [3.8, 4) is 0 Å². The molecular formula is C22H25ClN2O2S. The van der Waals surface area contributed by atoms with Crippen molar-refractivity contribution in [3.05, 3.63) is 64.7 Å². The van der Waals surface area contributed by atoms with E-state index >= 15 is 0 Å². The van der Waals surface area contributed by atoms with Crippen LogP contribution >= 0.6 is 23.4 Å². The molecule has 1 saturated heterocycles. The maximum absolute atomic E-state index is 12.9. The normalized spacial score (nSPS) is 14.4. The number of benzene rings is 2. The summed E-state index contributed by atoms with van der Waals surface area (Å²) in [4.78, 5) is 27.2. The van der Waals surface area contributed by atoms with Gasteiger partial charge in [0.1, 0.15) is 0 Å². The van der Waals surface area contributed by atoms with Crippen molar-refractivity contribution in [3.63, 3.8) is 0 Å². The molecule has 4 nitrogen and oxygen atoms in total. The molecule has 0 spiro atoms. The minimum absolute atomic E-state index is 0.00406. The van der Waals surface area contributed by atoms with Gasteiger partial charge in [0.15, 0.2) is 0 Å². The average Bonchev–Trinajstić information content (AvgIpc) is 2.97. The van der Waals surface area contributed by atoms with E-state index in [9.17, 15) is 9.59 Å². The molecule has 28 heavy (non-hydrogen) atoms. The molecule has 2 aromatic carbocycles. The van der Waals surface area contributed by atoms with Gasteiger partial charge in [-0.25, -0.2) is 0 Å². The van der Waals surface area contributed by atoms with Gasteiger partial charge in [-0.1, -0.05) is 48.7 Å². The first-order valence-corrected chi connectivity index (χ1v) is 11.2. The van der Waals surface area contributed by atoms with Crippen molar-refractivity contribution in [2.24, 2.45) is 0 Å². The number of carbonyl (C=O) groups excluding carboxylic acids is 2. The zero-order chi connectivity index (χ0) is 19.8. The smallest absolute Gasteiger partial charge is 0.255 e. The lowest BCUT2D eigenvalue weighted by Gasteiger charge is -2.22. The summed E-state index contributed by atoms with van der Waals surface area (Å²) in [7, 11) is 0. The van der Waals surface area contributed by atoms with Crippen LogP contribution in [-0.2, 0) is 10.5 Å². The van der Waals surface area contributed by atoms with E-state index in [1.54, 1.807) is 12.1 Å². The molecule has 148 valence electrons. The summed E-state index contributed by atoms with van der Waals surface area (Å²) in [6.45, 7) is 1.58. The van der Waals surface area contributed by atoms with E-state index in [2.05, 4.69) is 5.32 Å². The van der Waals surface area contributed by atoms with Crippen molar-refractivity contribution in [1.82, 2.24) is 4.90 Å². The first-order chi connectivity index (χ1) is 13.6. The summed E-state index contributed by atoms with van der Waals surface area (Å²) in [6, 6.07) is 14.9. The van der Waals surface area contributed by atoms with Gasteiger partial charge in [-0.2, -0.15) is 0 Å². The summed E-state index contributed by atoms with van der Waals surface area (Å²) in [5, 5.41) is 3.61. The van der Waals surface area contributed by atoms with Gasteiger partial charge in [-0.05, 0) is 42.7 Å². The molecule has 1 heterocycles. The lowest BCUT2D eigenvalue weighted by atomic mass is 10.1. The van der Waals surface area contributed by atoms with Crippen molar-refractivity contribution < 1.29 is 9.59 Å². The first-order valence-electron chi connectivity index (χ1n) is 9.64. The van der Waals surface area contributed by atoms with Gasteiger partial charge in [-0.15, -0.1) is 11.8 Å². The number of rotatable bonds is 6. The highest BCUT2D eigenvalue weighted by Gasteiger charge is 2.20. The van der Waals surface area contributed by atoms with Gasteiger partial charge >= 0.3 is 0 Å². The Bertz CT molecular complexity index is 820. The third-order valence-electron chi connectivity index (χ3n) is 4.72. The summed E-state index contributed by atoms with van der Waals surface area (Å²) >= 11 is 7.51. The summed E-state index contributed by atoms with van der Waals surface area (Å²) in [5.41, 5.74) is 2.24. The molecule has 0 radical (unpaired) electrons. The van der Waals surface area contributed by atoms with Crippen molar-refractivity contribution in [2.45, 2.75) is 31.4 Å². The molecule has 0 aliphatic carbocycles. The molecule has 1 aliphatic rings. The van der Waals surface area contributed by atoms with Gasteiger partial charge in [0, 0.05) is 23.9 Å². The number of amides is 2. The maximum Gasteiger partial charge on any atom is 0.255 e. The number of halogens is 1. The van der Waals surface area contributed by atoms with Gasteiger partial charge in [-0.3, -0.25) is 9.59 Å². The molecule has 2 aromatic rings. The Hall–Kier alpha value is -1.98. The topological polar surface area (TPSA) is 49.4 Å². The van der Waals surface area contributed by atoms with Gasteiger partial charge in [0.25, 0.3) is 5.91 Å². The predicted molar refractivity (Wildman–Crippen MR) is 117 cm³/mol. The second-order valence-electron chi connectivity index (χ2n) is 6.92. The number of hydrogen-bond donors (Lipinski definition) is 1. The molecule has 3 rings (SSSR count). The van der Waals surface area contributed by atoms with Gasteiger partial charge < -0.3 is 10.2 Å². The molecule has 0 saturated carbocycles. The predicted octanol–water partition coefficient (Wildman–Crippen LogP) is 5.23. The van der Waals surface area contributed by atoms with E-state index in [4.69, 9.17) is 11.6 Å². The molecule has 0 atom stereocenters. The fourth-order valence-electron chi connectivity index (χ4n) is 3.30. The van der Waals surface area contributed by atoms with Crippen LogP contribution < -0.4 is 5.32 Å². The van der Waals surface area contributed by atoms with Crippen molar-refractivity contribution in [2.75, 3.05) is 24.2 Å². The Morgan fingerprint density at radius 3 is 2.50 bits per heavy atom.